The number of hydrogen-bond acceptors (Lipinski definition) is 4. The van der Waals surface area contributed by atoms with E-state index in [1.54, 1.807) is 18.5 Å². The molecule has 0 saturated carbocycles. The Bertz CT molecular complexity index is 738. The molecule has 3 rings (SSSR count). The fourth-order valence-corrected chi connectivity index (χ4v) is 2.67. The van der Waals surface area contributed by atoms with E-state index in [4.69, 9.17) is 0 Å². The molecule has 7 heteroatoms. The van der Waals surface area contributed by atoms with Crippen LogP contribution >= 0.6 is 27.3 Å². The van der Waals surface area contributed by atoms with Crippen LogP contribution in [0.4, 0.5) is 5.13 Å². The minimum Gasteiger partial charge on any atom is -0.356 e. The summed E-state index contributed by atoms with van der Waals surface area (Å²) in [6, 6.07) is 7.34. The van der Waals surface area contributed by atoms with Gasteiger partial charge in [-0.1, -0.05) is 6.07 Å². The maximum atomic E-state index is 12.0. The summed E-state index contributed by atoms with van der Waals surface area (Å²) in [5, 5.41) is 5.16. The number of nitrogens with one attached hydrogen (secondary N) is 2. The zero-order valence-electron chi connectivity index (χ0n) is 10.1. The lowest BCUT2D eigenvalue weighted by atomic mass is 10.3. The van der Waals surface area contributed by atoms with E-state index in [0.717, 1.165) is 15.9 Å². The van der Waals surface area contributed by atoms with Gasteiger partial charge in [0, 0.05) is 22.2 Å². The number of aromatic nitrogens is 3. The Morgan fingerprint density at radius 3 is 2.95 bits per heavy atom. The molecule has 0 atom stereocenters. The van der Waals surface area contributed by atoms with Crippen molar-refractivity contribution in [3.05, 3.63) is 52.2 Å². The van der Waals surface area contributed by atoms with E-state index >= 15 is 0 Å². The lowest BCUT2D eigenvalue weighted by Crippen LogP contribution is -2.11. The van der Waals surface area contributed by atoms with E-state index in [1.165, 1.54) is 11.3 Å². The van der Waals surface area contributed by atoms with Crippen molar-refractivity contribution in [2.24, 2.45) is 0 Å². The molecule has 3 heterocycles. The highest BCUT2D eigenvalue weighted by molar-refractivity contribution is 9.10. The maximum Gasteiger partial charge on any atom is 0.273 e. The van der Waals surface area contributed by atoms with Crippen LogP contribution in [-0.2, 0) is 0 Å². The molecule has 3 aromatic heterocycles. The summed E-state index contributed by atoms with van der Waals surface area (Å²) in [7, 11) is 0. The van der Waals surface area contributed by atoms with Crippen molar-refractivity contribution in [3.63, 3.8) is 0 Å². The molecule has 0 bridgehead atoms. The van der Waals surface area contributed by atoms with Crippen LogP contribution in [0.25, 0.3) is 11.4 Å². The number of carbonyl (C=O) groups is 1. The van der Waals surface area contributed by atoms with Crippen molar-refractivity contribution < 1.29 is 4.79 Å². The number of aromatic amines is 1. The van der Waals surface area contributed by atoms with Crippen LogP contribution in [0.15, 0.2) is 46.5 Å². The van der Waals surface area contributed by atoms with Gasteiger partial charge in [-0.3, -0.25) is 15.1 Å². The Kier molecular flexibility index (Phi) is 3.62. The molecule has 0 unspecified atom stereocenters. The molecule has 0 radical (unpaired) electrons. The molecule has 20 heavy (non-hydrogen) atoms. The Balaban J connectivity index is 1.76. The number of halogens is 1. The Labute approximate surface area is 127 Å². The summed E-state index contributed by atoms with van der Waals surface area (Å²) in [6.45, 7) is 0. The van der Waals surface area contributed by atoms with Gasteiger partial charge in [0.25, 0.3) is 5.91 Å². The van der Waals surface area contributed by atoms with Gasteiger partial charge in [-0.2, -0.15) is 0 Å². The second-order valence-electron chi connectivity index (χ2n) is 3.94. The summed E-state index contributed by atoms with van der Waals surface area (Å²) >= 11 is 4.65. The van der Waals surface area contributed by atoms with Crippen molar-refractivity contribution in [1.82, 2.24) is 15.0 Å². The predicted molar refractivity (Wildman–Crippen MR) is 81.8 cm³/mol. The summed E-state index contributed by atoms with van der Waals surface area (Å²) in [5.41, 5.74) is 2.01. The van der Waals surface area contributed by atoms with Gasteiger partial charge in [0.05, 0.1) is 5.69 Å². The normalized spacial score (nSPS) is 10.4. The lowest BCUT2D eigenvalue weighted by molar-refractivity contribution is 0.102. The maximum absolute atomic E-state index is 12.0. The molecular weight excluding hydrogens is 340 g/mol. The number of H-pyrrole nitrogens is 1. The summed E-state index contributed by atoms with van der Waals surface area (Å²) in [5.74, 6) is -0.224. The van der Waals surface area contributed by atoms with Crippen molar-refractivity contribution in [1.29, 1.82) is 0 Å². The average Bonchev–Trinajstić information content (AvgIpc) is 3.09. The quantitative estimate of drug-likeness (QED) is 0.760. The first-order chi connectivity index (χ1) is 9.72. The monoisotopic (exact) mass is 348 g/mol. The van der Waals surface area contributed by atoms with Gasteiger partial charge in [-0.05, 0) is 34.1 Å². The number of nitrogens with zero attached hydrogens (tertiary/aromatic N) is 2. The molecular formula is C13H9BrN4OS. The van der Waals surface area contributed by atoms with E-state index in [9.17, 15) is 4.79 Å². The Hall–Kier alpha value is -1.99. The van der Waals surface area contributed by atoms with Crippen molar-refractivity contribution in [2.75, 3.05) is 5.32 Å². The number of rotatable bonds is 3. The highest BCUT2D eigenvalue weighted by Crippen LogP contribution is 2.23. The molecule has 0 saturated heterocycles. The van der Waals surface area contributed by atoms with Gasteiger partial charge in [0.15, 0.2) is 5.13 Å². The zero-order chi connectivity index (χ0) is 13.9. The standard InChI is InChI=1S/C13H9BrN4OS/c14-8-5-10(16-6-8)12(19)18-13-17-11(7-20-13)9-3-1-2-4-15-9/h1-7,16H,(H,17,18,19). The second kappa shape index (κ2) is 5.56. The Morgan fingerprint density at radius 2 is 2.25 bits per heavy atom. The molecule has 0 aliphatic heterocycles. The van der Waals surface area contributed by atoms with Crippen LogP contribution in [0.5, 0.6) is 0 Å². The molecule has 1 amide bonds. The lowest BCUT2D eigenvalue weighted by Gasteiger charge is -1.98. The number of anilines is 1. The summed E-state index contributed by atoms with van der Waals surface area (Å²) in [4.78, 5) is 23.4. The third-order valence-electron chi connectivity index (χ3n) is 2.54. The molecule has 100 valence electrons. The van der Waals surface area contributed by atoms with Gasteiger partial charge < -0.3 is 4.98 Å². The van der Waals surface area contributed by atoms with Crippen LogP contribution in [0.1, 0.15) is 10.5 Å². The summed E-state index contributed by atoms with van der Waals surface area (Å²) in [6.07, 6.45) is 3.42. The first-order valence-electron chi connectivity index (χ1n) is 5.74. The smallest absolute Gasteiger partial charge is 0.273 e. The minimum absolute atomic E-state index is 0.224. The summed E-state index contributed by atoms with van der Waals surface area (Å²) < 4.78 is 0.830. The molecule has 2 N–H and O–H groups in total. The van der Waals surface area contributed by atoms with Gasteiger partial charge in [0.2, 0.25) is 0 Å². The number of pyridine rings is 1. The highest BCUT2D eigenvalue weighted by Gasteiger charge is 2.11. The molecule has 0 fully saturated rings. The fraction of sp³-hybridized carbons (Fsp3) is 0. The molecule has 0 aliphatic carbocycles. The topological polar surface area (TPSA) is 70.7 Å². The highest BCUT2D eigenvalue weighted by atomic mass is 79.9. The third-order valence-corrected chi connectivity index (χ3v) is 3.76. The number of amides is 1. The Morgan fingerprint density at radius 1 is 1.35 bits per heavy atom. The molecule has 0 aliphatic rings. The zero-order valence-corrected chi connectivity index (χ0v) is 12.5. The molecule has 3 aromatic rings. The van der Waals surface area contributed by atoms with Crippen LogP contribution in [-0.4, -0.2) is 20.9 Å². The number of carbonyl (C=O) groups excluding carboxylic acids is 1. The number of hydrogen-bond donors (Lipinski definition) is 2. The minimum atomic E-state index is -0.224. The van der Waals surface area contributed by atoms with Crippen molar-refractivity contribution in [3.8, 4) is 11.4 Å². The number of thiazole rings is 1. The predicted octanol–water partition coefficient (Wildman–Crippen LogP) is 3.55. The van der Waals surface area contributed by atoms with Gasteiger partial charge in [-0.25, -0.2) is 4.98 Å². The van der Waals surface area contributed by atoms with Gasteiger partial charge in [-0.15, -0.1) is 11.3 Å². The van der Waals surface area contributed by atoms with Crippen LogP contribution < -0.4 is 5.32 Å². The largest absolute Gasteiger partial charge is 0.356 e. The average molecular weight is 349 g/mol. The van der Waals surface area contributed by atoms with E-state index in [0.29, 0.717) is 10.8 Å². The van der Waals surface area contributed by atoms with Crippen molar-refractivity contribution in [2.45, 2.75) is 0 Å². The third kappa shape index (κ3) is 2.78. The second-order valence-corrected chi connectivity index (χ2v) is 5.71. The van der Waals surface area contributed by atoms with Crippen LogP contribution in [0.2, 0.25) is 0 Å². The van der Waals surface area contributed by atoms with E-state index in [-0.39, 0.29) is 5.91 Å². The van der Waals surface area contributed by atoms with E-state index in [1.807, 2.05) is 23.6 Å². The molecule has 0 spiro atoms. The van der Waals surface area contributed by atoms with Gasteiger partial charge >= 0.3 is 0 Å². The van der Waals surface area contributed by atoms with Crippen LogP contribution in [0, 0.1) is 0 Å². The molecule has 0 aromatic carbocycles. The SMILES string of the molecule is O=C(Nc1nc(-c2ccccn2)cs1)c1cc(Br)c[nH]1. The van der Waals surface area contributed by atoms with E-state index < -0.39 is 0 Å². The first-order valence-corrected chi connectivity index (χ1v) is 7.42. The first kappa shape index (κ1) is 13.0. The van der Waals surface area contributed by atoms with Crippen molar-refractivity contribution >= 4 is 38.3 Å². The van der Waals surface area contributed by atoms with Crippen LogP contribution in [0.3, 0.4) is 0 Å². The molecule has 5 nitrogen and oxygen atoms in total. The van der Waals surface area contributed by atoms with Gasteiger partial charge in [0.1, 0.15) is 11.4 Å². The fourth-order valence-electron chi connectivity index (χ4n) is 1.63. The van der Waals surface area contributed by atoms with E-state index in [2.05, 4.69) is 36.2 Å².